The lowest BCUT2D eigenvalue weighted by Crippen LogP contribution is -2.57. The Morgan fingerprint density at radius 2 is 1.72 bits per heavy atom. The molecule has 0 amide bonds. The van der Waals surface area contributed by atoms with Crippen LogP contribution < -0.4 is 4.74 Å². The number of ether oxygens (including phenoxy) is 2. The Bertz CT molecular complexity index is 1110. The molecule has 1 fully saturated rings. The highest BCUT2D eigenvalue weighted by atomic mass is 32.2. The summed E-state index contributed by atoms with van der Waals surface area (Å²) >= 11 is 0. The van der Waals surface area contributed by atoms with Gasteiger partial charge in [0.15, 0.2) is 21.4 Å². The summed E-state index contributed by atoms with van der Waals surface area (Å²) in [5.41, 5.74) is -1.54. The number of sulfone groups is 1. The van der Waals surface area contributed by atoms with Crippen LogP contribution in [-0.2, 0) is 25.5 Å². The first kappa shape index (κ1) is 22.9. The van der Waals surface area contributed by atoms with Crippen LogP contribution in [0.2, 0.25) is 0 Å². The molecule has 2 aromatic carbocycles. The van der Waals surface area contributed by atoms with Crippen molar-refractivity contribution in [2.24, 2.45) is 5.92 Å². The summed E-state index contributed by atoms with van der Waals surface area (Å²) in [5.74, 6) is -3.53. The van der Waals surface area contributed by atoms with Gasteiger partial charge in [-0.15, -0.1) is 0 Å². The summed E-state index contributed by atoms with van der Waals surface area (Å²) in [6.07, 6.45) is -5.77. The van der Waals surface area contributed by atoms with E-state index in [9.17, 15) is 31.1 Å². The largest absolute Gasteiger partial charge is 0.490 e. The van der Waals surface area contributed by atoms with Gasteiger partial charge in [0.2, 0.25) is 0 Å². The summed E-state index contributed by atoms with van der Waals surface area (Å²) in [6.45, 7) is -0.829. The molecule has 174 valence electrons. The summed E-state index contributed by atoms with van der Waals surface area (Å²) < 4.78 is 105. The van der Waals surface area contributed by atoms with Crippen LogP contribution in [0, 0.1) is 17.6 Å². The van der Waals surface area contributed by atoms with E-state index < -0.39 is 66.2 Å². The molecular formula is C21H19F5O5S. The quantitative estimate of drug-likeness (QED) is 0.677. The van der Waals surface area contributed by atoms with Crippen LogP contribution in [0.5, 0.6) is 5.75 Å². The first-order chi connectivity index (χ1) is 15.0. The predicted molar refractivity (Wildman–Crippen MR) is 102 cm³/mol. The smallest absolute Gasteiger partial charge is 0.416 e. The van der Waals surface area contributed by atoms with Crippen molar-refractivity contribution in [3.05, 3.63) is 59.2 Å². The summed E-state index contributed by atoms with van der Waals surface area (Å²) in [5, 5.41) is 9.40. The molecule has 1 unspecified atom stereocenters. The molecular weight excluding hydrogens is 459 g/mol. The number of fused-ring (bicyclic) bond motifs is 3. The molecule has 0 radical (unpaired) electrons. The van der Waals surface area contributed by atoms with E-state index in [0.29, 0.717) is 12.1 Å². The van der Waals surface area contributed by atoms with E-state index in [-0.39, 0.29) is 32.7 Å². The fraction of sp³-hybridized carbons (Fsp3) is 0.429. The van der Waals surface area contributed by atoms with Crippen LogP contribution in [0.25, 0.3) is 0 Å². The monoisotopic (exact) mass is 478 g/mol. The highest BCUT2D eigenvalue weighted by Gasteiger charge is 2.61. The zero-order chi connectivity index (χ0) is 23.3. The maximum atomic E-state index is 15.1. The van der Waals surface area contributed by atoms with Crippen molar-refractivity contribution in [2.75, 3.05) is 19.8 Å². The Labute approximate surface area is 180 Å². The first-order valence-electron chi connectivity index (χ1n) is 9.79. The first-order valence-corrected chi connectivity index (χ1v) is 11.3. The van der Waals surface area contributed by atoms with E-state index in [1.54, 1.807) is 0 Å². The van der Waals surface area contributed by atoms with Gasteiger partial charge in [-0.25, -0.2) is 17.2 Å². The third-order valence-electron chi connectivity index (χ3n) is 6.13. The van der Waals surface area contributed by atoms with E-state index in [1.807, 2.05) is 0 Å². The number of halogens is 5. The SMILES string of the molecule is O=S(=O)(c1ccc(C(F)(F)F)cc1)C12CCO[C@H](CCO)[C@H]1COc1c(F)ccc(F)c12. The minimum atomic E-state index is -4.67. The van der Waals surface area contributed by atoms with Gasteiger partial charge in [0, 0.05) is 19.1 Å². The fourth-order valence-corrected chi connectivity index (χ4v) is 7.02. The summed E-state index contributed by atoms with van der Waals surface area (Å²) in [6, 6.07) is 4.49. The van der Waals surface area contributed by atoms with Gasteiger partial charge >= 0.3 is 6.18 Å². The molecule has 11 heteroatoms. The molecule has 1 saturated heterocycles. The average molecular weight is 478 g/mol. The Morgan fingerprint density at radius 3 is 2.34 bits per heavy atom. The molecule has 3 atom stereocenters. The molecule has 2 heterocycles. The second-order valence-corrected chi connectivity index (χ2v) is 9.94. The van der Waals surface area contributed by atoms with Crippen LogP contribution in [0.3, 0.4) is 0 Å². The maximum absolute atomic E-state index is 15.1. The molecule has 0 aliphatic carbocycles. The highest BCUT2D eigenvalue weighted by Crippen LogP contribution is 2.55. The number of aliphatic hydroxyl groups excluding tert-OH is 1. The third kappa shape index (κ3) is 3.37. The molecule has 2 aliphatic heterocycles. The zero-order valence-electron chi connectivity index (χ0n) is 16.5. The zero-order valence-corrected chi connectivity index (χ0v) is 17.3. The molecule has 4 rings (SSSR count). The predicted octanol–water partition coefficient (Wildman–Crippen LogP) is 3.83. The molecule has 2 aromatic rings. The molecule has 0 bridgehead atoms. The van der Waals surface area contributed by atoms with Gasteiger partial charge in [-0.3, -0.25) is 0 Å². The van der Waals surface area contributed by atoms with Gasteiger partial charge in [-0.2, -0.15) is 13.2 Å². The molecule has 0 spiro atoms. The van der Waals surface area contributed by atoms with E-state index in [4.69, 9.17) is 9.47 Å². The number of aliphatic hydroxyl groups is 1. The van der Waals surface area contributed by atoms with E-state index in [1.165, 1.54) is 0 Å². The topological polar surface area (TPSA) is 72.8 Å². The summed E-state index contributed by atoms with van der Waals surface area (Å²) in [4.78, 5) is -0.461. The van der Waals surface area contributed by atoms with Gasteiger partial charge < -0.3 is 14.6 Å². The minimum absolute atomic E-state index is 0.0184. The number of hydrogen-bond acceptors (Lipinski definition) is 5. The van der Waals surface area contributed by atoms with Crippen LogP contribution in [0.15, 0.2) is 41.3 Å². The standard InChI is InChI=1S/C21H19F5O5S/c22-15-5-6-16(23)19-18(15)20(8-10-30-17(7-9-27)14(20)11-31-19)32(28,29)13-3-1-12(2-4-13)21(24,25)26/h1-6,14,17,27H,7-11H2/t14-,17-,20?/m1/s1. The van der Waals surface area contributed by atoms with E-state index in [0.717, 1.165) is 24.3 Å². The highest BCUT2D eigenvalue weighted by molar-refractivity contribution is 7.92. The number of rotatable bonds is 4. The van der Waals surface area contributed by atoms with Gasteiger partial charge in [-0.05, 0) is 49.2 Å². The lowest BCUT2D eigenvalue weighted by Gasteiger charge is -2.50. The van der Waals surface area contributed by atoms with Crippen LogP contribution in [-0.4, -0.2) is 39.4 Å². The lowest BCUT2D eigenvalue weighted by molar-refractivity contribution is -0.137. The van der Waals surface area contributed by atoms with Crippen LogP contribution in [0.1, 0.15) is 24.0 Å². The Kier molecular flexibility index (Phi) is 5.71. The second kappa shape index (κ2) is 7.96. The normalized spacial score (nSPS) is 25.6. The van der Waals surface area contributed by atoms with Crippen molar-refractivity contribution in [1.82, 2.24) is 0 Å². The van der Waals surface area contributed by atoms with Crippen LogP contribution in [0.4, 0.5) is 22.0 Å². The Hall–Kier alpha value is -2.24. The van der Waals surface area contributed by atoms with Crippen molar-refractivity contribution in [2.45, 2.75) is 34.8 Å². The van der Waals surface area contributed by atoms with Crippen molar-refractivity contribution in [3.63, 3.8) is 0 Å². The maximum Gasteiger partial charge on any atom is 0.416 e. The number of alkyl halides is 3. The molecule has 1 N–H and O–H groups in total. The molecule has 5 nitrogen and oxygen atoms in total. The number of benzene rings is 2. The third-order valence-corrected chi connectivity index (χ3v) is 8.69. The van der Waals surface area contributed by atoms with Crippen molar-refractivity contribution >= 4 is 9.84 Å². The van der Waals surface area contributed by atoms with Crippen molar-refractivity contribution in [3.8, 4) is 5.75 Å². The van der Waals surface area contributed by atoms with Crippen molar-refractivity contribution < 1.29 is 45.0 Å². The molecule has 32 heavy (non-hydrogen) atoms. The van der Waals surface area contributed by atoms with Crippen molar-refractivity contribution in [1.29, 1.82) is 0 Å². The van der Waals surface area contributed by atoms with Gasteiger partial charge in [0.05, 0.1) is 28.7 Å². The molecule has 0 saturated carbocycles. The Morgan fingerprint density at radius 1 is 1.06 bits per heavy atom. The van der Waals surface area contributed by atoms with E-state index >= 15 is 4.39 Å². The molecule has 2 aliphatic rings. The summed E-state index contributed by atoms with van der Waals surface area (Å²) in [7, 11) is -4.57. The minimum Gasteiger partial charge on any atom is -0.490 e. The second-order valence-electron chi connectivity index (χ2n) is 7.74. The molecule has 0 aromatic heterocycles. The number of hydrogen-bond donors (Lipinski definition) is 1. The average Bonchev–Trinajstić information content (AvgIpc) is 2.75. The van der Waals surface area contributed by atoms with Gasteiger partial charge in [-0.1, -0.05) is 0 Å². The van der Waals surface area contributed by atoms with Crippen LogP contribution >= 0.6 is 0 Å². The van der Waals surface area contributed by atoms with E-state index in [2.05, 4.69) is 0 Å². The Balaban J connectivity index is 1.96. The lowest BCUT2D eigenvalue weighted by atomic mass is 9.75. The fourth-order valence-electron chi connectivity index (χ4n) is 4.67. The van der Waals surface area contributed by atoms with Gasteiger partial charge in [0.25, 0.3) is 0 Å². The van der Waals surface area contributed by atoms with Gasteiger partial charge in [0.1, 0.15) is 10.6 Å².